The fourth-order valence-corrected chi connectivity index (χ4v) is 4.28. The molecular formula is C15H28IN5O5S2. The molecule has 0 aromatic carbocycles. The van der Waals surface area contributed by atoms with E-state index in [0.29, 0.717) is 37.8 Å². The van der Waals surface area contributed by atoms with E-state index in [2.05, 4.69) is 20.0 Å². The third kappa shape index (κ3) is 6.29. The van der Waals surface area contributed by atoms with E-state index < -0.39 is 24.6 Å². The Kier molecular flexibility index (Phi) is 8.71. The van der Waals surface area contributed by atoms with Gasteiger partial charge in [0.25, 0.3) is 0 Å². The fourth-order valence-electron chi connectivity index (χ4n) is 2.52. The topological polar surface area (TPSA) is 125 Å². The van der Waals surface area contributed by atoms with Crippen LogP contribution < -0.4 is 5.32 Å². The van der Waals surface area contributed by atoms with Crippen molar-refractivity contribution in [2.45, 2.75) is 24.3 Å². The molecule has 1 aromatic rings. The van der Waals surface area contributed by atoms with E-state index in [-0.39, 0.29) is 36.3 Å². The van der Waals surface area contributed by atoms with Gasteiger partial charge in [0.2, 0.25) is 10.0 Å². The molecule has 0 spiro atoms. The predicted octanol–water partition coefficient (Wildman–Crippen LogP) is 0.139. The Bertz CT molecular complexity index is 861. The molecule has 0 atom stereocenters. The van der Waals surface area contributed by atoms with Crippen LogP contribution in [-0.2, 0) is 25.6 Å². The van der Waals surface area contributed by atoms with Crippen LogP contribution in [-0.4, -0.2) is 87.9 Å². The highest BCUT2D eigenvalue weighted by Crippen LogP contribution is 2.15. The van der Waals surface area contributed by atoms with E-state index in [1.54, 1.807) is 20.9 Å². The van der Waals surface area contributed by atoms with Crippen molar-refractivity contribution in [1.82, 2.24) is 19.7 Å². The Morgan fingerprint density at radius 2 is 1.86 bits per heavy atom. The molecule has 1 aliphatic heterocycles. The van der Waals surface area contributed by atoms with E-state index in [4.69, 9.17) is 0 Å². The van der Waals surface area contributed by atoms with Gasteiger partial charge in [-0.15, -0.1) is 24.0 Å². The first kappa shape index (κ1) is 25.1. The van der Waals surface area contributed by atoms with E-state index in [1.807, 2.05) is 4.90 Å². The van der Waals surface area contributed by atoms with Gasteiger partial charge in [0.15, 0.2) is 15.8 Å². The van der Waals surface area contributed by atoms with Gasteiger partial charge in [0.05, 0.1) is 10.4 Å². The van der Waals surface area contributed by atoms with Crippen LogP contribution in [0.3, 0.4) is 0 Å². The standard InChI is InChI=1S/C15H27N5O5S2.HI/c1-15(2,26(4,21)22)12-17-14(16-3)19-6-8-20(9-7-19)27(23,24)11-13-5-10-25-18-13;/h5,10H,6-9,11-12H2,1-4H3,(H,16,17);1H. The highest BCUT2D eigenvalue weighted by molar-refractivity contribution is 14.0. The molecule has 13 heteroatoms. The maximum atomic E-state index is 12.5. The third-order valence-electron chi connectivity index (χ3n) is 4.64. The number of guanidine groups is 1. The van der Waals surface area contributed by atoms with Gasteiger partial charge in [0.1, 0.15) is 12.0 Å². The van der Waals surface area contributed by atoms with Gasteiger partial charge in [-0.2, -0.15) is 4.31 Å². The van der Waals surface area contributed by atoms with Crippen LogP contribution in [0.4, 0.5) is 0 Å². The molecule has 28 heavy (non-hydrogen) atoms. The van der Waals surface area contributed by atoms with Crippen LogP contribution in [0.25, 0.3) is 0 Å². The number of piperazine rings is 1. The van der Waals surface area contributed by atoms with Crippen molar-refractivity contribution in [3.8, 4) is 0 Å². The molecule has 1 aromatic heterocycles. The van der Waals surface area contributed by atoms with Gasteiger partial charge in [0, 0.05) is 52.1 Å². The normalized spacial score (nSPS) is 17.3. The van der Waals surface area contributed by atoms with Crippen LogP contribution in [0.15, 0.2) is 21.8 Å². The molecule has 0 saturated carbocycles. The first-order valence-electron chi connectivity index (χ1n) is 8.48. The lowest BCUT2D eigenvalue weighted by atomic mass is 10.2. The summed E-state index contributed by atoms with van der Waals surface area (Å²) in [5.41, 5.74) is 0.373. The van der Waals surface area contributed by atoms with Crippen molar-refractivity contribution in [2.75, 3.05) is 46.0 Å². The Balaban J connectivity index is 0.00000392. The highest BCUT2D eigenvalue weighted by Gasteiger charge is 2.32. The number of sulfonamides is 1. The Morgan fingerprint density at radius 3 is 2.32 bits per heavy atom. The number of sulfone groups is 1. The number of nitrogens with zero attached hydrogens (tertiary/aromatic N) is 4. The summed E-state index contributed by atoms with van der Waals surface area (Å²) in [5, 5.41) is 6.73. The van der Waals surface area contributed by atoms with Gasteiger partial charge in [-0.05, 0) is 13.8 Å². The minimum absolute atomic E-state index is 0. The Hall–Kier alpha value is -0.930. The first-order valence-corrected chi connectivity index (χ1v) is 12.0. The van der Waals surface area contributed by atoms with Crippen LogP contribution in [0, 0.1) is 0 Å². The average molecular weight is 549 g/mol. The van der Waals surface area contributed by atoms with E-state index in [9.17, 15) is 16.8 Å². The quantitative estimate of drug-likeness (QED) is 0.302. The second kappa shape index (κ2) is 9.71. The maximum Gasteiger partial charge on any atom is 0.220 e. The number of aliphatic imine (C=N–C) groups is 1. The predicted molar refractivity (Wildman–Crippen MR) is 118 cm³/mol. The molecule has 10 nitrogen and oxygen atoms in total. The SMILES string of the molecule is CN=C(NCC(C)(C)S(C)(=O)=O)N1CCN(S(=O)(=O)Cc2ccon2)CC1.I. The van der Waals surface area contributed by atoms with Crippen molar-refractivity contribution >= 4 is 49.8 Å². The minimum Gasteiger partial charge on any atom is -0.364 e. The van der Waals surface area contributed by atoms with Gasteiger partial charge < -0.3 is 14.7 Å². The van der Waals surface area contributed by atoms with E-state index >= 15 is 0 Å². The van der Waals surface area contributed by atoms with Crippen molar-refractivity contribution < 1.29 is 21.4 Å². The summed E-state index contributed by atoms with van der Waals surface area (Å²) in [6.45, 7) is 5.05. The molecule has 1 saturated heterocycles. The number of aromatic nitrogens is 1. The molecule has 0 amide bonds. The lowest BCUT2D eigenvalue weighted by Gasteiger charge is -2.36. The third-order valence-corrected chi connectivity index (χ3v) is 8.61. The number of halogens is 1. The Labute approximate surface area is 183 Å². The number of rotatable bonds is 6. The van der Waals surface area contributed by atoms with E-state index in [0.717, 1.165) is 0 Å². The molecule has 1 fully saturated rings. The summed E-state index contributed by atoms with van der Waals surface area (Å²) >= 11 is 0. The van der Waals surface area contributed by atoms with Crippen molar-refractivity contribution in [2.24, 2.45) is 4.99 Å². The second-order valence-corrected chi connectivity index (χ2v) is 11.7. The fraction of sp³-hybridized carbons (Fsp3) is 0.733. The molecular weight excluding hydrogens is 521 g/mol. The minimum atomic E-state index is -3.47. The molecule has 2 rings (SSSR count). The smallest absolute Gasteiger partial charge is 0.220 e. The van der Waals surface area contributed by atoms with Gasteiger partial charge in [-0.25, -0.2) is 16.8 Å². The second-order valence-electron chi connectivity index (χ2n) is 7.07. The zero-order valence-corrected chi connectivity index (χ0v) is 20.4. The average Bonchev–Trinajstić information content (AvgIpc) is 3.07. The molecule has 1 N–H and O–H groups in total. The molecule has 0 unspecified atom stereocenters. The van der Waals surface area contributed by atoms with Gasteiger partial charge >= 0.3 is 0 Å². The van der Waals surface area contributed by atoms with Crippen molar-refractivity contribution in [3.63, 3.8) is 0 Å². The summed E-state index contributed by atoms with van der Waals surface area (Å²) in [4.78, 5) is 6.11. The molecule has 2 heterocycles. The number of nitrogens with one attached hydrogen (secondary N) is 1. The Morgan fingerprint density at radius 1 is 1.25 bits per heavy atom. The molecule has 1 aliphatic rings. The molecule has 0 bridgehead atoms. The van der Waals surface area contributed by atoms with Crippen LogP contribution in [0.5, 0.6) is 0 Å². The summed E-state index contributed by atoms with van der Waals surface area (Å²) in [6, 6.07) is 1.53. The van der Waals surface area contributed by atoms with Crippen LogP contribution >= 0.6 is 24.0 Å². The van der Waals surface area contributed by atoms with E-state index in [1.165, 1.54) is 22.9 Å². The van der Waals surface area contributed by atoms with Crippen molar-refractivity contribution in [3.05, 3.63) is 18.0 Å². The zero-order valence-electron chi connectivity index (χ0n) is 16.5. The molecule has 162 valence electrons. The lowest BCUT2D eigenvalue weighted by Crippen LogP contribution is -2.55. The highest BCUT2D eigenvalue weighted by atomic mass is 127. The lowest BCUT2D eigenvalue weighted by molar-refractivity contribution is 0.259. The maximum absolute atomic E-state index is 12.5. The zero-order chi connectivity index (χ0) is 20.3. The summed E-state index contributed by atoms with van der Waals surface area (Å²) in [6.07, 6.45) is 2.55. The first-order chi connectivity index (χ1) is 12.5. The van der Waals surface area contributed by atoms with Crippen molar-refractivity contribution in [1.29, 1.82) is 0 Å². The van der Waals surface area contributed by atoms with Gasteiger partial charge in [-0.1, -0.05) is 5.16 Å². The molecule has 0 radical (unpaired) electrons. The number of hydrogen-bond donors (Lipinski definition) is 1. The molecule has 0 aliphatic carbocycles. The number of hydrogen-bond acceptors (Lipinski definition) is 7. The summed E-state index contributed by atoms with van der Waals surface area (Å²) in [5.74, 6) is 0.360. The monoisotopic (exact) mass is 549 g/mol. The summed E-state index contributed by atoms with van der Waals surface area (Å²) in [7, 11) is -5.09. The van der Waals surface area contributed by atoms with Crippen LogP contribution in [0.2, 0.25) is 0 Å². The largest absolute Gasteiger partial charge is 0.364 e. The van der Waals surface area contributed by atoms with Crippen LogP contribution in [0.1, 0.15) is 19.5 Å². The summed E-state index contributed by atoms with van der Waals surface area (Å²) < 4.78 is 53.8. The van der Waals surface area contributed by atoms with Gasteiger partial charge in [-0.3, -0.25) is 4.99 Å².